The van der Waals surface area contributed by atoms with E-state index in [9.17, 15) is 4.79 Å². The number of hydrogen-bond donors (Lipinski definition) is 2. The fourth-order valence-electron chi connectivity index (χ4n) is 2.90. The zero-order valence-corrected chi connectivity index (χ0v) is 14.9. The Morgan fingerprint density at radius 1 is 1.08 bits per heavy atom. The number of imidazole rings is 1. The highest BCUT2D eigenvalue weighted by Crippen LogP contribution is 2.12. The summed E-state index contributed by atoms with van der Waals surface area (Å²) in [5.41, 5.74) is 4.26. The second-order valence-electron chi connectivity index (χ2n) is 6.09. The van der Waals surface area contributed by atoms with Crippen LogP contribution >= 0.6 is 0 Å². The molecule has 2 amide bonds. The van der Waals surface area contributed by atoms with Crippen molar-refractivity contribution in [1.82, 2.24) is 20.2 Å². The average molecular weight is 352 g/mol. The Bertz CT molecular complexity index is 860. The van der Waals surface area contributed by atoms with E-state index in [0.717, 1.165) is 35.1 Å². The number of aryl methyl sites for hydroxylation is 1. The minimum absolute atomic E-state index is 0.160. The van der Waals surface area contributed by atoms with Gasteiger partial charge in [-0.25, -0.2) is 9.78 Å². The van der Waals surface area contributed by atoms with Gasteiger partial charge in [0.15, 0.2) is 0 Å². The number of carbonyl (C=O) groups is 1. The number of benzene rings is 2. The van der Waals surface area contributed by atoms with Crippen molar-refractivity contribution in [3.63, 3.8) is 0 Å². The predicted molar refractivity (Wildman–Crippen MR) is 102 cm³/mol. The number of carbonyl (C=O) groups excluding carboxylic acids is 1. The van der Waals surface area contributed by atoms with Crippen LogP contribution in [-0.2, 0) is 24.4 Å². The Balaban J connectivity index is 1.41. The first-order valence-electron chi connectivity index (χ1n) is 8.75. The number of urea groups is 1. The molecule has 0 aliphatic carbocycles. The van der Waals surface area contributed by atoms with Crippen molar-refractivity contribution < 1.29 is 9.53 Å². The lowest BCUT2D eigenvalue weighted by Crippen LogP contribution is -2.36. The third kappa shape index (κ3) is 4.61. The molecule has 2 aromatic carbocycles. The maximum atomic E-state index is 12.0. The van der Waals surface area contributed by atoms with Gasteiger partial charge in [-0.05, 0) is 29.7 Å². The minimum Gasteiger partial charge on any atom is -0.380 e. The summed E-state index contributed by atoms with van der Waals surface area (Å²) >= 11 is 0. The van der Waals surface area contributed by atoms with Gasteiger partial charge in [0, 0.05) is 26.7 Å². The van der Waals surface area contributed by atoms with Crippen molar-refractivity contribution in [1.29, 1.82) is 0 Å². The molecule has 0 aliphatic rings. The smallest absolute Gasteiger partial charge is 0.315 e. The molecular formula is C20H24N4O2. The highest BCUT2D eigenvalue weighted by atomic mass is 16.5. The Kier molecular flexibility index (Phi) is 6.22. The van der Waals surface area contributed by atoms with Crippen LogP contribution in [0.2, 0.25) is 0 Å². The van der Waals surface area contributed by atoms with Crippen LogP contribution in [0.3, 0.4) is 0 Å². The molecule has 0 unspecified atom stereocenters. The largest absolute Gasteiger partial charge is 0.380 e. The van der Waals surface area contributed by atoms with Crippen LogP contribution < -0.4 is 10.6 Å². The SMILES string of the molecule is COCc1ccccc1CNC(=O)NCCCn1cnc2ccccc21. The van der Waals surface area contributed by atoms with E-state index >= 15 is 0 Å². The maximum Gasteiger partial charge on any atom is 0.315 e. The Labute approximate surface area is 153 Å². The molecule has 0 radical (unpaired) electrons. The van der Waals surface area contributed by atoms with Gasteiger partial charge in [0.05, 0.1) is 24.0 Å². The van der Waals surface area contributed by atoms with Crippen molar-refractivity contribution in [2.24, 2.45) is 0 Å². The number of amides is 2. The lowest BCUT2D eigenvalue weighted by molar-refractivity contribution is 0.184. The molecule has 0 saturated carbocycles. The van der Waals surface area contributed by atoms with E-state index in [1.165, 1.54) is 0 Å². The number of nitrogens with zero attached hydrogens (tertiary/aromatic N) is 2. The minimum atomic E-state index is -0.160. The number of hydrogen-bond acceptors (Lipinski definition) is 3. The number of fused-ring (bicyclic) bond motifs is 1. The molecule has 6 nitrogen and oxygen atoms in total. The second-order valence-corrected chi connectivity index (χ2v) is 6.09. The molecule has 3 rings (SSSR count). The van der Waals surface area contributed by atoms with Crippen LogP contribution in [0.15, 0.2) is 54.9 Å². The quantitative estimate of drug-likeness (QED) is 0.612. The van der Waals surface area contributed by atoms with Crippen LogP contribution in [0, 0.1) is 0 Å². The molecule has 0 saturated heterocycles. The summed E-state index contributed by atoms with van der Waals surface area (Å²) in [6.45, 7) is 2.45. The number of nitrogens with one attached hydrogen (secondary N) is 2. The van der Waals surface area contributed by atoms with Crippen LogP contribution in [-0.4, -0.2) is 29.2 Å². The first-order valence-corrected chi connectivity index (χ1v) is 8.75. The lowest BCUT2D eigenvalue weighted by atomic mass is 10.1. The Hall–Kier alpha value is -2.86. The molecule has 136 valence electrons. The standard InChI is InChI=1S/C20H24N4O2/c1-26-14-17-8-3-2-7-16(17)13-22-20(25)21-11-6-12-24-15-23-18-9-4-5-10-19(18)24/h2-5,7-10,15H,6,11-14H2,1H3,(H2,21,22,25). The molecule has 1 aromatic heterocycles. The lowest BCUT2D eigenvalue weighted by Gasteiger charge is -2.11. The summed E-state index contributed by atoms with van der Waals surface area (Å²) in [4.78, 5) is 16.4. The Morgan fingerprint density at radius 3 is 2.69 bits per heavy atom. The number of aromatic nitrogens is 2. The molecule has 26 heavy (non-hydrogen) atoms. The topological polar surface area (TPSA) is 68.2 Å². The van der Waals surface area contributed by atoms with E-state index in [-0.39, 0.29) is 6.03 Å². The van der Waals surface area contributed by atoms with E-state index in [1.807, 2.05) is 48.8 Å². The van der Waals surface area contributed by atoms with Gasteiger partial charge in [-0.1, -0.05) is 36.4 Å². The van der Waals surface area contributed by atoms with E-state index in [1.54, 1.807) is 7.11 Å². The second kappa shape index (κ2) is 9.01. The van der Waals surface area contributed by atoms with Crippen LogP contribution in [0.5, 0.6) is 0 Å². The van der Waals surface area contributed by atoms with E-state index in [2.05, 4.69) is 26.3 Å². The normalized spacial score (nSPS) is 10.8. The summed E-state index contributed by atoms with van der Waals surface area (Å²) in [7, 11) is 1.67. The van der Waals surface area contributed by atoms with Gasteiger partial charge in [-0.2, -0.15) is 0 Å². The van der Waals surface area contributed by atoms with Crippen molar-refractivity contribution in [3.8, 4) is 0 Å². The molecule has 0 fully saturated rings. The van der Waals surface area contributed by atoms with E-state index < -0.39 is 0 Å². The molecule has 6 heteroatoms. The van der Waals surface area contributed by atoms with Crippen LogP contribution in [0.25, 0.3) is 11.0 Å². The Morgan fingerprint density at radius 2 is 1.85 bits per heavy atom. The number of para-hydroxylation sites is 2. The average Bonchev–Trinajstić information content (AvgIpc) is 3.08. The van der Waals surface area contributed by atoms with Gasteiger partial charge in [-0.3, -0.25) is 0 Å². The first kappa shape index (κ1) is 17.9. The molecule has 0 aliphatic heterocycles. The fourth-order valence-corrected chi connectivity index (χ4v) is 2.90. The first-order chi connectivity index (χ1) is 12.8. The fraction of sp³-hybridized carbons (Fsp3) is 0.300. The summed E-state index contributed by atoms with van der Waals surface area (Å²) in [5, 5.41) is 5.80. The summed E-state index contributed by atoms with van der Waals surface area (Å²) < 4.78 is 7.29. The molecule has 0 bridgehead atoms. The molecule has 2 N–H and O–H groups in total. The van der Waals surface area contributed by atoms with Gasteiger partial charge < -0.3 is 19.9 Å². The monoisotopic (exact) mass is 352 g/mol. The van der Waals surface area contributed by atoms with Crippen molar-refractivity contribution >= 4 is 17.1 Å². The third-order valence-corrected chi connectivity index (χ3v) is 4.25. The molecule has 0 spiro atoms. The van der Waals surface area contributed by atoms with E-state index in [0.29, 0.717) is 19.7 Å². The molecular weight excluding hydrogens is 328 g/mol. The summed E-state index contributed by atoms with van der Waals surface area (Å²) in [6, 6.07) is 15.8. The van der Waals surface area contributed by atoms with Gasteiger partial charge in [0.1, 0.15) is 0 Å². The van der Waals surface area contributed by atoms with Gasteiger partial charge in [-0.15, -0.1) is 0 Å². The molecule has 0 atom stereocenters. The van der Waals surface area contributed by atoms with Crippen molar-refractivity contribution in [2.75, 3.05) is 13.7 Å². The number of rotatable bonds is 8. The summed E-state index contributed by atoms with van der Waals surface area (Å²) in [5.74, 6) is 0. The van der Waals surface area contributed by atoms with Gasteiger partial charge >= 0.3 is 6.03 Å². The van der Waals surface area contributed by atoms with Gasteiger partial charge in [0.25, 0.3) is 0 Å². The zero-order chi connectivity index (χ0) is 18.2. The molecule has 1 heterocycles. The van der Waals surface area contributed by atoms with Crippen LogP contribution in [0.4, 0.5) is 4.79 Å². The highest BCUT2D eigenvalue weighted by molar-refractivity contribution is 5.75. The van der Waals surface area contributed by atoms with E-state index in [4.69, 9.17) is 4.74 Å². The van der Waals surface area contributed by atoms with Crippen LogP contribution in [0.1, 0.15) is 17.5 Å². The number of methoxy groups -OCH3 is 1. The zero-order valence-electron chi connectivity index (χ0n) is 14.9. The number of ether oxygens (including phenoxy) is 1. The van der Waals surface area contributed by atoms with Crippen molar-refractivity contribution in [2.45, 2.75) is 26.1 Å². The third-order valence-electron chi connectivity index (χ3n) is 4.25. The maximum absolute atomic E-state index is 12.0. The predicted octanol–water partition coefficient (Wildman–Crippen LogP) is 3.07. The van der Waals surface area contributed by atoms with Crippen molar-refractivity contribution in [3.05, 3.63) is 66.0 Å². The van der Waals surface area contributed by atoms with Gasteiger partial charge in [0.2, 0.25) is 0 Å². The molecule has 3 aromatic rings. The highest BCUT2D eigenvalue weighted by Gasteiger charge is 2.05. The summed E-state index contributed by atoms with van der Waals surface area (Å²) in [6.07, 6.45) is 2.69.